The molecule has 11 heteroatoms. The quantitative estimate of drug-likeness (QED) is 0.224. The van der Waals surface area contributed by atoms with Crippen molar-refractivity contribution < 1.29 is 18.3 Å². The standard InChI is InChI=1S/C33H42FN5O4Si/c1-32(2,3)42-31(41)38-20-23(43-44(8,9)33(4,5)6)17-26(38)29-36-25-16-15-24(34)27(21-18-35-37(7)19-21)28(25)30(40)39(29)22-13-11-10-12-14-22/h10-16,18-19,23,26H,17,20H2,1-9H3/t23-,26-/m0/s1. The third-order valence-corrected chi connectivity index (χ3v) is 13.0. The third kappa shape index (κ3) is 6.07. The fourth-order valence-corrected chi connectivity index (χ4v) is 6.75. The fourth-order valence-electron chi connectivity index (χ4n) is 5.39. The SMILES string of the molecule is Cn1cc(-c2c(F)ccc3nc([C@@H]4C[C@H](O[Si](C)(C)C(C)(C)C)CN4C(=O)OC(C)(C)C)n(-c4ccccc4)c(=O)c23)cn1. The van der Waals surface area contributed by atoms with Crippen molar-refractivity contribution in [3.05, 3.63) is 76.9 Å². The second-order valence-corrected chi connectivity index (χ2v) is 18.8. The average Bonchev–Trinajstić information content (AvgIpc) is 3.53. The molecule has 0 radical (unpaired) electrons. The van der Waals surface area contributed by atoms with Crippen LogP contribution in [0.25, 0.3) is 27.7 Å². The van der Waals surface area contributed by atoms with Crippen LogP contribution in [0.2, 0.25) is 18.1 Å². The van der Waals surface area contributed by atoms with Crippen LogP contribution in [0.1, 0.15) is 59.8 Å². The smallest absolute Gasteiger partial charge is 0.411 e. The minimum Gasteiger partial charge on any atom is -0.444 e. The summed E-state index contributed by atoms with van der Waals surface area (Å²) in [4.78, 5) is 34.9. The fraction of sp³-hybridized carbons (Fsp3) is 0.455. The van der Waals surface area contributed by atoms with Crippen LogP contribution < -0.4 is 5.56 Å². The zero-order chi connectivity index (χ0) is 32.2. The summed E-state index contributed by atoms with van der Waals surface area (Å²) in [6.07, 6.45) is 2.83. The molecule has 1 aliphatic rings. The zero-order valence-corrected chi connectivity index (χ0v) is 28.0. The second kappa shape index (κ2) is 11.3. The van der Waals surface area contributed by atoms with Crippen molar-refractivity contribution in [1.82, 2.24) is 24.2 Å². The Balaban J connectivity index is 1.74. The molecule has 2 aromatic carbocycles. The van der Waals surface area contributed by atoms with Crippen LogP contribution in [0.4, 0.5) is 9.18 Å². The van der Waals surface area contributed by atoms with E-state index in [9.17, 15) is 9.59 Å². The number of likely N-dealkylation sites (tertiary alicyclic amines) is 1. The highest BCUT2D eigenvalue weighted by Crippen LogP contribution is 2.42. The van der Waals surface area contributed by atoms with E-state index in [1.165, 1.54) is 22.9 Å². The Hall–Kier alpha value is -3.83. The maximum Gasteiger partial charge on any atom is 0.411 e. The Morgan fingerprint density at radius 2 is 1.73 bits per heavy atom. The number of hydrogen-bond donors (Lipinski definition) is 0. The predicted octanol–water partition coefficient (Wildman–Crippen LogP) is 7.00. The Morgan fingerprint density at radius 1 is 1.05 bits per heavy atom. The summed E-state index contributed by atoms with van der Waals surface area (Å²) in [5.74, 6) is -0.180. The Kier molecular flexibility index (Phi) is 8.09. The lowest BCUT2D eigenvalue weighted by molar-refractivity contribution is 0.0201. The highest BCUT2D eigenvalue weighted by Gasteiger charge is 2.46. The molecular weight excluding hydrogens is 577 g/mol. The molecule has 44 heavy (non-hydrogen) atoms. The van der Waals surface area contributed by atoms with Gasteiger partial charge in [0.25, 0.3) is 5.56 Å². The summed E-state index contributed by atoms with van der Waals surface area (Å²) in [5, 5.41) is 4.30. The van der Waals surface area contributed by atoms with Crippen LogP contribution in [0.15, 0.2) is 59.7 Å². The second-order valence-electron chi connectivity index (χ2n) is 14.0. The van der Waals surface area contributed by atoms with E-state index in [4.69, 9.17) is 14.1 Å². The summed E-state index contributed by atoms with van der Waals surface area (Å²) in [7, 11) is -0.475. The van der Waals surface area contributed by atoms with Crippen molar-refractivity contribution in [2.24, 2.45) is 7.05 Å². The number of carbonyl (C=O) groups is 1. The molecule has 1 saturated heterocycles. The van der Waals surface area contributed by atoms with E-state index in [1.54, 1.807) is 35.0 Å². The number of fused-ring (bicyclic) bond motifs is 1. The molecule has 2 aromatic heterocycles. The molecule has 9 nitrogen and oxygen atoms in total. The first-order valence-electron chi connectivity index (χ1n) is 14.9. The van der Waals surface area contributed by atoms with E-state index < -0.39 is 37.4 Å². The largest absolute Gasteiger partial charge is 0.444 e. The van der Waals surface area contributed by atoms with E-state index in [0.717, 1.165) is 0 Å². The van der Waals surface area contributed by atoms with Gasteiger partial charge in [-0.05, 0) is 63.2 Å². The first-order chi connectivity index (χ1) is 20.5. The van der Waals surface area contributed by atoms with Gasteiger partial charge in [-0.25, -0.2) is 14.2 Å². The molecule has 0 bridgehead atoms. The van der Waals surface area contributed by atoms with Crippen LogP contribution in [-0.4, -0.2) is 56.9 Å². The number of para-hydroxylation sites is 1. The molecule has 3 heterocycles. The van der Waals surface area contributed by atoms with Gasteiger partial charge in [-0.1, -0.05) is 39.0 Å². The Bertz CT molecular complexity index is 1750. The third-order valence-electron chi connectivity index (χ3n) is 8.48. The number of carbonyl (C=O) groups excluding carboxylic acids is 1. The van der Waals surface area contributed by atoms with E-state index in [1.807, 2.05) is 39.0 Å². The molecule has 1 fully saturated rings. The molecule has 2 atom stereocenters. The topological polar surface area (TPSA) is 91.5 Å². The van der Waals surface area contributed by atoms with Gasteiger partial charge in [0.2, 0.25) is 0 Å². The molecule has 0 N–H and O–H groups in total. The number of nitrogens with zero attached hydrogens (tertiary/aromatic N) is 5. The first kappa shape index (κ1) is 31.6. The predicted molar refractivity (Wildman–Crippen MR) is 172 cm³/mol. The van der Waals surface area contributed by atoms with Gasteiger partial charge in [0.15, 0.2) is 8.32 Å². The van der Waals surface area contributed by atoms with E-state index in [2.05, 4.69) is 39.0 Å². The molecule has 0 aliphatic carbocycles. The number of rotatable bonds is 5. The summed E-state index contributed by atoms with van der Waals surface area (Å²) >= 11 is 0. The van der Waals surface area contributed by atoms with E-state index >= 15 is 4.39 Å². The van der Waals surface area contributed by atoms with Gasteiger partial charge >= 0.3 is 6.09 Å². The molecule has 5 rings (SSSR count). The van der Waals surface area contributed by atoms with Crippen LogP contribution in [0.5, 0.6) is 0 Å². The number of ether oxygens (including phenoxy) is 1. The van der Waals surface area contributed by atoms with Crippen LogP contribution in [0, 0.1) is 5.82 Å². The molecule has 0 unspecified atom stereocenters. The minimum absolute atomic E-state index is 0.0397. The number of benzene rings is 2. The first-order valence-corrected chi connectivity index (χ1v) is 17.8. The molecule has 1 aliphatic heterocycles. The van der Waals surface area contributed by atoms with Crippen LogP contribution >= 0.6 is 0 Å². The van der Waals surface area contributed by atoms with Gasteiger partial charge in [-0.15, -0.1) is 0 Å². The van der Waals surface area contributed by atoms with E-state index in [0.29, 0.717) is 35.6 Å². The van der Waals surface area contributed by atoms with Gasteiger partial charge in [0.05, 0.1) is 34.9 Å². The molecule has 4 aromatic rings. The van der Waals surface area contributed by atoms with Crippen molar-refractivity contribution in [2.75, 3.05) is 6.54 Å². The van der Waals surface area contributed by atoms with Crippen molar-refractivity contribution in [1.29, 1.82) is 0 Å². The van der Waals surface area contributed by atoms with Crippen molar-refractivity contribution in [3.63, 3.8) is 0 Å². The normalized spacial score (nSPS) is 17.8. The summed E-state index contributed by atoms with van der Waals surface area (Å²) < 4.78 is 31.2. The maximum absolute atomic E-state index is 15.5. The lowest BCUT2D eigenvalue weighted by Gasteiger charge is -2.38. The van der Waals surface area contributed by atoms with Crippen LogP contribution in [-0.2, 0) is 16.2 Å². The molecule has 0 saturated carbocycles. The number of amides is 1. The summed E-state index contributed by atoms with van der Waals surface area (Å²) in [5.41, 5.74) is 0.329. The van der Waals surface area contributed by atoms with Crippen molar-refractivity contribution >= 4 is 25.3 Å². The highest BCUT2D eigenvalue weighted by atomic mass is 28.4. The Morgan fingerprint density at radius 3 is 2.32 bits per heavy atom. The minimum atomic E-state index is -2.21. The molecular formula is C33H42FN5O4Si. The van der Waals surface area contributed by atoms with E-state index in [-0.39, 0.29) is 22.1 Å². The van der Waals surface area contributed by atoms with Crippen molar-refractivity contribution in [2.45, 2.75) is 83.8 Å². The number of aromatic nitrogens is 4. The van der Waals surface area contributed by atoms with Gasteiger partial charge in [0, 0.05) is 37.3 Å². The number of aryl methyl sites for hydroxylation is 1. The van der Waals surface area contributed by atoms with Gasteiger partial charge in [-0.3, -0.25) is 18.9 Å². The number of hydrogen-bond acceptors (Lipinski definition) is 6. The molecule has 234 valence electrons. The monoisotopic (exact) mass is 619 g/mol. The number of halogens is 1. The highest BCUT2D eigenvalue weighted by molar-refractivity contribution is 6.74. The molecule has 1 amide bonds. The van der Waals surface area contributed by atoms with Gasteiger partial charge < -0.3 is 9.16 Å². The van der Waals surface area contributed by atoms with Crippen molar-refractivity contribution in [3.8, 4) is 16.8 Å². The molecule has 0 spiro atoms. The lowest BCUT2D eigenvalue weighted by Crippen LogP contribution is -2.45. The maximum atomic E-state index is 15.5. The lowest BCUT2D eigenvalue weighted by atomic mass is 10.0. The zero-order valence-electron chi connectivity index (χ0n) is 27.0. The Labute approximate surface area is 258 Å². The van der Waals surface area contributed by atoms with Gasteiger partial charge in [-0.2, -0.15) is 5.10 Å². The summed E-state index contributed by atoms with van der Waals surface area (Å²) in [6.45, 7) is 16.6. The average molecular weight is 620 g/mol. The van der Waals surface area contributed by atoms with Crippen LogP contribution in [0.3, 0.4) is 0 Å². The summed E-state index contributed by atoms with van der Waals surface area (Å²) in [6, 6.07) is 11.3. The van der Waals surface area contributed by atoms with Gasteiger partial charge in [0.1, 0.15) is 17.2 Å².